The minimum absolute atomic E-state index is 0.354. The first kappa shape index (κ1) is 10.7. The molecule has 0 radical (unpaired) electrons. The van der Waals surface area contributed by atoms with E-state index in [1.54, 1.807) is 6.26 Å². The zero-order valence-electron chi connectivity index (χ0n) is 9.11. The van der Waals surface area contributed by atoms with Gasteiger partial charge in [0.2, 0.25) is 0 Å². The topological polar surface area (TPSA) is 42.6 Å². The van der Waals surface area contributed by atoms with Crippen molar-refractivity contribution in [2.75, 3.05) is 6.61 Å². The molecule has 1 fully saturated rings. The molecule has 2 unspecified atom stereocenters. The summed E-state index contributed by atoms with van der Waals surface area (Å²) in [5, 5.41) is 9.94. The Kier molecular flexibility index (Phi) is 3.44. The first-order valence-electron chi connectivity index (χ1n) is 5.61. The average molecular weight is 210 g/mol. The Morgan fingerprint density at radius 3 is 3.07 bits per heavy atom. The predicted molar refractivity (Wildman–Crippen MR) is 56.6 cm³/mol. The summed E-state index contributed by atoms with van der Waals surface area (Å²) in [6, 6.07) is 1.84. The minimum atomic E-state index is -0.409. The van der Waals surface area contributed by atoms with Gasteiger partial charge in [-0.2, -0.15) is 0 Å². The second-order valence-corrected chi connectivity index (χ2v) is 4.16. The van der Waals surface area contributed by atoms with Gasteiger partial charge in [-0.05, 0) is 38.7 Å². The Morgan fingerprint density at radius 2 is 2.47 bits per heavy atom. The van der Waals surface area contributed by atoms with Gasteiger partial charge in [0, 0.05) is 12.2 Å². The average Bonchev–Trinajstić information content (AvgIpc) is 2.84. The van der Waals surface area contributed by atoms with Crippen LogP contribution in [-0.4, -0.2) is 17.8 Å². The van der Waals surface area contributed by atoms with E-state index in [9.17, 15) is 5.11 Å². The van der Waals surface area contributed by atoms with Gasteiger partial charge in [-0.15, -0.1) is 0 Å². The lowest BCUT2D eigenvalue weighted by Gasteiger charge is -2.13. The molecule has 15 heavy (non-hydrogen) atoms. The van der Waals surface area contributed by atoms with Gasteiger partial charge in [-0.1, -0.05) is 0 Å². The summed E-state index contributed by atoms with van der Waals surface area (Å²) >= 11 is 0. The first-order valence-corrected chi connectivity index (χ1v) is 5.61. The summed E-state index contributed by atoms with van der Waals surface area (Å²) in [5.41, 5.74) is 0.910. The second-order valence-electron chi connectivity index (χ2n) is 4.16. The molecule has 0 aliphatic carbocycles. The maximum atomic E-state index is 9.94. The highest BCUT2D eigenvalue weighted by molar-refractivity contribution is 5.18. The van der Waals surface area contributed by atoms with Crippen LogP contribution in [0.1, 0.15) is 43.1 Å². The van der Waals surface area contributed by atoms with Crippen LogP contribution in [0.2, 0.25) is 0 Å². The summed E-state index contributed by atoms with van der Waals surface area (Å²) in [7, 11) is 0. The molecule has 0 saturated carbocycles. The minimum Gasteiger partial charge on any atom is -0.469 e. The van der Waals surface area contributed by atoms with E-state index in [1.807, 2.05) is 13.0 Å². The van der Waals surface area contributed by atoms with Gasteiger partial charge in [0.25, 0.3) is 0 Å². The number of aliphatic hydroxyl groups excluding tert-OH is 1. The third-order valence-electron chi connectivity index (χ3n) is 3.04. The number of hydrogen-bond acceptors (Lipinski definition) is 3. The summed E-state index contributed by atoms with van der Waals surface area (Å²) in [5.74, 6) is 0.815. The summed E-state index contributed by atoms with van der Waals surface area (Å²) in [6.45, 7) is 2.76. The van der Waals surface area contributed by atoms with E-state index in [2.05, 4.69) is 0 Å². The molecule has 84 valence electrons. The molecule has 2 heterocycles. The molecular formula is C12H18O3. The van der Waals surface area contributed by atoms with Crippen molar-refractivity contribution < 1.29 is 14.3 Å². The van der Waals surface area contributed by atoms with Gasteiger partial charge >= 0.3 is 0 Å². The maximum absolute atomic E-state index is 9.94. The third-order valence-corrected chi connectivity index (χ3v) is 3.04. The molecule has 1 N–H and O–H groups in total. The van der Waals surface area contributed by atoms with E-state index in [0.717, 1.165) is 43.6 Å². The molecule has 1 aliphatic rings. The third kappa shape index (κ3) is 2.61. The largest absolute Gasteiger partial charge is 0.469 e. The zero-order chi connectivity index (χ0) is 10.7. The Labute approximate surface area is 90.0 Å². The molecule has 2 atom stereocenters. The molecule has 1 aromatic heterocycles. The molecule has 0 aromatic carbocycles. The van der Waals surface area contributed by atoms with Crippen molar-refractivity contribution in [1.29, 1.82) is 0 Å². The molecule has 1 saturated heterocycles. The predicted octanol–water partition coefficient (Wildman–Crippen LogP) is 2.58. The first-order chi connectivity index (χ1) is 7.27. The van der Waals surface area contributed by atoms with Crippen LogP contribution in [0.25, 0.3) is 0 Å². The van der Waals surface area contributed by atoms with Crippen molar-refractivity contribution in [2.45, 2.75) is 44.8 Å². The van der Waals surface area contributed by atoms with Gasteiger partial charge in [-0.3, -0.25) is 0 Å². The van der Waals surface area contributed by atoms with Crippen LogP contribution in [0.15, 0.2) is 16.7 Å². The van der Waals surface area contributed by atoms with E-state index in [0.29, 0.717) is 6.10 Å². The maximum Gasteiger partial charge on any atom is 0.106 e. The number of hydrogen-bond donors (Lipinski definition) is 1. The van der Waals surface area contributed by atoms with Gasteiger partial charge in [0.05, 0.1) is 18.5 Å². The highest BCUT2D eigenvalue weighted by Crippen LogP contribution is 2.26. The van der Waals surface area contributed by atoms with Crippen LogP contribution in [0.4, 0.5) is 0 Å². The summed E-state index contributed by atoms with van der Waals surface area (Å²) in [4.78, 5) is 0. The van der Waals surface area contributed by atoms with E-state index in [4.69, 9.17) is 9.15 Å². The van der Waals surface area contributed by atoms with Crippen LogP contribution in [0, 0.1) is 6.92 Å². The smallest absolute Gasteiger partial charge is 0.106 e. The van der Waals surface area contributed by atoms with Gasteiger partial charge in [-0.25, -0.2) is 0 Å². The fourth-order valence-corrected chi connectivity index (χ4v) is 2.11. The number of furan rings is 1. The number of ether oxygens (including phenoxy) is 1. The summed E-state index contributed by atoms with van der Waals surface area (Å²) < 4.78 is 10.7. The van der Waals surface area contributed by atoms with Crippen LogP contribution >= 0.6 is 0 Å². The highest BCUT2D eigenvalue weighted by Gasteiger charge is 2.19. The monoisotopic (exact) mass is 210 g/mol. The highest BCUT2D eigenvalue weighted by atomic mass is 16.5. The number of aliphatic hydroxyl groups is 1. The molecule has 1 aromatic rings. The van der Waals surface area contributed by atoms with Crippen molar-refractivity contribution in [1.82, 2.24) is 0 Å². The Morgan fingerprint density at radius 1 is 1.60 bits per heavy atom. The van der Waals surface area contributed by atoms with Gasteiger partial charge in [0.15, 0.2) is 0 Å². The van der Waals surface area contributed by atoms with Crippen molar-refractivity contribution >= 4 is 0 Å². The second kappa shape index (κ2) is 4.81. The number of rotatable bonds is 4. The fourth-order valence-electron chi connectivity index (χ4n) is 2.11. The Balaban J connectivity index is 1.81. The Hall–Kier alpha value is -0.800. The molecule has 2 rings (SSSR count). The van der Waals surface area contributed by atoms with Crippen molar-refractivity contribution in [3.8, 4) is 0 Å². The fraction of sp³-hybridized carbons (Fsp3) is 0.667. The van der Waals surface area contributed by atoms with E-state index in [-0.39, 0.29) is 0 Å². The molecule has 1 aliphatic heterocycles. The van der Waals surface area contributed by atoms with Crippen LogP contribution < -0.4 is 0 Å². The molecule has 0 amide bonds. The van der Waals surface area contributed by atoms with E-state index < -0.39 is 6.10 Å². The molecule has 0 spiro atoms. The SMILES string of the molecule is Cc1occc1C(O)CCC1CCCO1. The van der Waals surface area contributed by atoms with Gasteiger partial charge in [0.1, 0.15) is 5.76 Å². The summed E-state index contributed by atoms with van der Waals surface area (Å²) in [6.07, 6.45) is 5.55. The van der Waals surface area contributed by atoms with Crippen molar-refractivity contribution in [2.24, 2.45) is 0 Å². The van der Waals surface area contributed by atoms with Crippen LogP contribution in [0.3, 0.4) is 0 Å². The zero-order valence-corrected chi connectivity index (χ0v) is 9.11. The van der Waals surface area contributed by atoms with Crippen LogP contribution in [0.5, 0.6) is 0 Å². The number of aryl methyl sites for hydroxylation is 1. The standard InChI is InChI=1S/C12H18O3/c1-9-11(6-8-14-9)12(13)5-4-10-3-2-7-15-10/h6,8,10,12-13H,2-5,7H2,1H3. The normalized spacial score (nSPS) is 23.2. The van der Waals surface area contributed by atoms with Crippen molar-refractivity contribution in [3.05, 3.63) is 23.7 Å². The lowest BCUT2D eigenvalue weighted by atomic mass is 10.0. The van der Waals surface area contributed by atoms with Crippen molar-refractivity contribution in [3.63, 3.8) is 0 Å². The van der Waals surface area contributed by atoms with E-state index >= 15 is 0 Å². The van der Waals surface area contributed by atoms with E-state index in [1.165, 1.54) is 0 Å². The lowest BCUT2D eigenvalue weighted by Crippen LogP contribution is -2.08. The quantitative estimate of drug-likeness (QED) is 0.830. The molecular weight excluding hydrogens is 192 g/mol. The molecule has 3 heteroatoms. The van der Waals surface area contributed by atoms with Gasteiger partial charge < -0.3 is 14.3 Å². The van der Waals surface area contributed by atoms with Crippen LogP contribution in [-0.2, 0) is 4.74 Å². The molecule has 0 bridgehead atoms. The molecule has 3 nitrogen and oxygen atoms in total. The Bertz CT molecular complexity index is 300. The lowest BCUT2D eigenvalue weighted by molar-refractivity contribution is 0.0808.